The molecule has 0 amide bonds. The molecule has 1 saturated heterocycles. The Hall–Kier alpha value is -0.610. The molecule has 1 atom stereocenters. The number of carbonyl (C=O) groups excluding carboxylic acids is 1. The maximum absolute atomic E-state index is 11.0. The molecule has 1 unspecified atom stereocenters. The van der Waals surface area contributed by atoms with Crippen molar-refractivity contribution in [3.63, 3.8) is 0 Å². The summed E-state index contributed by atoms with van der Waals surface area (Å²) < 4.78 is 10.5. The van der Waals surface area contributed by atoms with Crippen LogP contribution in [-0.4, -0.2) is 38.9 Å². The highest BCUT2D eigenvalue weighted by molar-refractivity contribution is 5.68. The topological polar surface area (TPSA) is 47.6 Å². The van der Waals surface area contributed by atoms with Crippen LogP contribution >= 0.6 is 0 Å². The minimum absolute atomic E-state index is 0.0707. The van der Waals surface area contributed by atoms with E-state index < -0.39 is 0 Å². The third-order valence-electron chi connectivity index (χ3n) is 5.12. The van der Waals surface area contributed by atoms with Gasteiger partial charge in [-0.3, -0.25) is 4.79 Å². The molecule has 0 aromatic rings. The fraction of sp³-hybridized carbons (Fsp3) is 0.952. The van der Waals surface area contributed by atoms with Gasteiger partial charge in [0, 0.05) is 19.6 Å². The molecular weight excluding hydrogens is 314 g/mol. The smallest absolute Gasteiger partial charge is 0.305 e. The predicted molar refractivity (Wildman–Crippen MR) is 104 cm³/mol. The second-order valence-corrected chi connectivity index (χ2v) is 7.41. The van der Waals surface area contributed by atoms with E-state index in [-0.39, 0.29) is 5.97 Å². The van der Waals surface area contributed by atoms with Gasteiger partial charge < -0.3 is 14.8 Å². The summed E-state index contributed by atoms with van der Waals surface area (Å²) in [6.45, 7) is 3.12. The molecule has 1 aliphatic heterocycles. The van der Waals surface area contributed by atoms with Gasteiger partial charge in [-0.1, -0.05) is 70.6 Å². The van der Waals surface area contributed by atoms with Crippen molar-refractivity contribution in [2.75, 3.05) is 26.8 Å². The van der Waals surface area contributed by atoms with Gasteiger partial charge in [0.25, 0.3) is 0 Å². The summed E-state index contributed by atoms with van der Waals surface area (Å²) in [4.78, 5) is 11.0. The second kappa shape index (κ2) is 16.8. The van der Waals surface area contributed by atoms with Crippen LogP contribution in [0.2, 0.25) is 0 Å². The number of hydrogen-bond acceptors (Lipinski definition) is 4. The maximum Gasteiger partial charge on any atom is 0.305 e. The normalized spacial score (nSPS) is 17.1. The van der Waals surface area contributed by atoms with Gasteiger partial charge in [-0.2, -0.15) is 0 Å². The van der Waals surface area contributed by atoms with Crippen LogP contribution in [-0.2, 0) is 14.3 Å². The molecule has 4 heteroatoms. The lowest BCUT2D eigenvalue weighted by Gasteiger charge is -2.09. The van der Waals surface area contributed by atoms with E-state index in [9.17, 15) is 4.79 Å². The molecule has 1 heterocycles. The van der Waals surface area contributed by atoms with Crippen LogP contribution in [0.3, 0.4) is 0 Å². The molecule has 1 fully saturated rings. The second-order valence-electron chi connectivity index (χ2n) is 7.41. The van der Waals surface area contributed by atoms with Crippen molar-refractivity contribution in [1.82, 2.24) is 5.32 Å². The molecule has 0 spiro atoms. The third kappa shape index (κ3) is 14.3. The van der Waals surface area contributed by atoms with Crippen molar-refractivity contribution in [3.05, 3.63) is 0 Å². The van der Waals surface area contributed by atoms with Crippen molar-refractivity contribution >= 4 is 5.97 Å². The van der Waals surface area contributed by atoms with Crippen LogP contribution in [0.4, 0.5) is 0 Å². The standard InChI is InChI=1S/C21H41NO3/c1-24-21(23)15-13-11-9-7-5-3-2-4-6-8-10-12-14-18-25-20-16-17-22-19-20/h20,22H,2-19H2,1H3. The van der Waals surface area contributed by atoms with Crippen molar-refractivity contribution in [2.45, 2.75) is 102 Å². The Kier molecular flexibility index (Phi) is 15.1. The average Bonchev–Trinajstić information content (AvgIpc) is 3.14. The van der Waals surface area contributed by atoms with Crippen molar-refractivity contribution in [2.24, 2.45) is 0 Å². The van der Waals surface area contributed by atoms with E-state index in [1.54, 1.807) is 0 Å². The fourth-order valence-electron chi connectivity index (χ4n) is 3.44. The van der Waals surface area contributed by atoms with Crippen LogP contribution in [0.5, 0.6) is 0 Å². The Morgan fingerprint density at radius 3 is 1.84 bits per heavy atom. The van der Waals surface area contributed by atoms with Gasteiger partial charge in [0.1, 0.15) is 0 Å². The molecule has 148 valence electrons. The Labute approximate surface area is 155 Å². The van der Waals surface area contributed by atoms with E-state index >= 15 is 0 Å². The number of esters is 1. The molecule has 0 saturated carbocycles. The summed E-state index contributed by atoms with van der Waals surface area (Å²) in [5.41, 5.74) is 0. The number of unbranched alkanes of at least 4 members (excludes halogenated alkanes) is 12. The molecule has 0 aromatic carbocycles. The lowest BCUT2D eigenvalue weighted by atomic mass is 10.0. The first-order valence-electron chi connectivity index (χ1n) is 10.7. The van der Waals surface area contributed by atoms with Crippen molar-refractivity contribution in [3.8, 4) is 0 Å². The molecule has 0 radical (unpaired) electrons. The Morgan fingerprint density at radius 2 is 1.36 bits per heavy atom. The van der Waals surface area contributed by atoms with Gasteiger partial charge in [-0.05, 0) is 25.8 Å². The molecule has 0 aromatic heterocycles. The molecule has 4 nitrogen and oxygen atoms in total. The fourth-order valence-corrected chi connectivity index (χ4v) is 3.44. The van der Waals surface area contributed by atoms with Gasteiger partial charge in [0.2, 0.25) is 0 Å². The third-order valence-corrected chi connectivity index (χ3v) is 5.12. The highest BCUT2D eigenvalue weighted by Crippen LogP contribution is 2.13. The SMILES string of the molecule is COC(=O)CCCCCCCCCCCCCCCOC1CCNC1. The van der Waals surface area contributed by atoms with Crippen LogP contribution in [0.15, 0.2) is 0 Å². The van der Waals surface area contributed by atoms with Gasteiger partial charge >= 0.3 is 5.97 Å². The first kappa shape index (κ1) is 22.4. The summed E-state index contributed by atoms with van der Waals surface area (Å²) in [5.74, 6) is -0.0707. The van der Waals surface area contributed by atoms with E-state index in [1.165, 1.54) is 84.2 Å². The van der Waals surface area contributed by atoms with Gasteiger partial charge in [0.05, 0.1) is 13.2 Å². The quantitative estimate of drug-likeness (QED) is 0.295. The summed E-state index contributed by atoms with van der Waals surface area (Å²) in [6.07, 6.45) is 19.2. The summed E-state index contributed by atoms with van der Waals surface area (Å²) in [6, 6.07) is 0. The molecule has 1 N–H and O–H groups in total. The molecule has 25 heavy (non-hydrogen) atoms. The lowest BCUT2D eigenvalue weighted by Crippen LogP contribution is -2.17. The molecular formula is C21H41NO3. The molecule has 1 rings (SSSR count). The van der Waals surface area contributed by atoms with Gasteiger partial charge in [0.15, 0.2) is 0 Å². The molecule has 1 aliphatic rings. The minimum Gasteiger partial charge on any atom is -0.469 e. The Bertz CT molecular complexity index is 304. The van der Waals surface area contributed by atoms with E-state index in [0.717, 1.165) is 32.5 Å². The summed E-state index contributed by atoms with van der Waals surface area (Å²) in [7, 11) is 1.46. The van der Waals surface area contributed by atoms with Crippen LogP contribution in [0.1, 0.15) is 96.3 Å². The largest absolute Gasteiger partial charge is 0.469 e. The molecule has 0 bridgehead atoms. The van der Waals surface area contributed by atoms with Crippen LogP contribution < -0.4 is 5.32 Å². The van der Waals surface area contributed by atoms with Gasteiger partial charge in [-0.25, -0.2) is 0 Å². The highest BCUT2D eigenvalue weighted by Gasteiger charge is 2.13. The van der Waals surface area contributed by atoms with E-state index in [1.807, 2.05) is 0 Å². The van der Waals surface area contributed by atoms with Gasteiger partial charge in [-0.15, -0.1) is 0 Å². The van der Waals surface area contributed by atoms with Crippen LogP contribution in [0.25, 0.3) is 0 Å². The van der Waals surface area contributed by atoms with Crippen LogP contribution in [0, 0.1) is 0 Å². The zero-order valence-corrected chi connectivity index (χ0v) is 16.5. The number of ether oxygens (including phenoxy) is 2. The summed E-state index contributed by atoms with van der Waals surface area (Å²) in [5, 5.41) is 3.34. The number of rotatable bonds is 17. The minimum atomic E-state index is -0.0707. The zero-order chi connectivity index (χ0) is 18.0. The Morgan fingerprint density at radius 1 is 0.840 bits per heavy atom. The highest BCUT2D eigenvalue weighted by atomic mass is 16.5. The predicted octanol–water partition coefficient (Wildman–Crippen LogP) is 5.00. The van der Waals surface area contributed by atoms with E-state index in [2.05, 4.69) is 10.1 Å². The lowest BCUT2D eigenvalue weighted by molar-refractivity contribution is -0.140. The first-order valence-corrected chi connectivity index (χ1v) is 10.7. The number of nitrogens with one attached hydrogen (secondary N) is 1. The summed E-state index contributed by atoms with van der Waals surface area (Å²) >= 11 is 0. The van der Waals surface area contributed by atoms with E-state index in [4.69, 9.17) is 4.74 Å². The maximum atomic E-state index is 11.0. The number of carbonyl (C=O) groups is 1. The van der Waals surface area contributed by atoms with E-state index in [0.29, 0.717) is 12.5 Å². The number of hydrogen-bond donors (Lipinski definition) is 1. The molecule has 0 aliphatic carbocycles. The number of methoxy groups -OCH3 is 1. The van der Waals surface area contributed by atoms with Crippen molar-refractivity contribution in [1.29, 1.82) is 0 Å². The first-order chi connectivity index (χ1) is 12.3. The Balaban J connectivity index is 1.66. The van der Waals surface area contributed by atoms with Crippen molar-refractivity contribution < 1.29 is 14.3 Å². The monoisotopic (exact) mass is 355 g/mol. The average molecular weight is 356 g/mol. The zero-order valence-electron chi connectivity index (χ0n) is 16.5.